The third-order valence-corrected chi connectivity index (χ3v) is 4.03. The summed E-state index contributed by atoms with van der Waals surface area (Å²) >= 11 is 0. The van der Waals surface area contributed by atoms with Gasteiger partial charge in [0.15, 0.2) is 18.0 Å². The lowest BCUT2D eigenvalue weighted by Crippen LogP contribution is -2.37. The van der Waals surface area contributed by atoms with E-state index in [2.05, 4.69) is 19.5 Å². The van der Waals surface area contributed by atoms with E-state index in [4.69, 9.17) is 0 Å². The summed E-state index contributed by atoms with van der Waals surface area (Å²) in [6.07, 6.45) is 4.83. The van der Waals surface area contributed by atoms with E-state index in [1.54, 1.807) is 29.0 Å². The molecule has 0 saturated carbocycles. The van der Waals surface area contributed by atoms with E-state index < -0.39 is 10.1 Å². The molecule has 0 radical (unpaired) electrons. The summed E-state index contributed by atoms with van der Waals surface area (Å²) in [5.41, 5.74) is 2.26. The predicted octanol–water partition coefficient (Wildman–Crippen LogP) is 0.0125. The molecule has 0 fully saturated rings. The molecule has 3 rings (SSSR count). The Morgan fingerprint density at radius 3 is 2.71 bits per heavy atom. The minimum Gasteiger partial charge on any atom is -0.269 e. The topological polar surface area (TPSA) is 90.3 Å². The van der Waals surface area contributed by atoms with Crippen molar-refractivity contribution in [1.29, 1.82) is 0 Å². The highest BCUT2D eigenvalue weighted by Gasteiger charge is 2.16. The number of pyridine rings is 1. The van der Waals surface area contributed by atoms with Gasteiger partial charge in [0.2, 0.25) is 0 Å². The molecule has 0 aliphatic heterocycles. The molecule has 0 aromatic carbocycles. The fourth-order valence-electron chi connectivity index (χ4n) is 1.83. The van der Waals surface area contributed by atoms with E-state index in [0.29, 0.717) is 5.65 Å². The number of hydrogen-bond acceptors (Lipinski definition) is 6. The molecule has 0 amide bonds. The van der Waals surface area contributed by atoms with Gasteiger partial charge in [-0.15, -0.1) is 10.2 Å². The quantitative estimate of drug-likeness (QED) is 0.498. The lowest BCUT2D eigenvalue weighted by molar-refractivity contribution is -0.678. The Morgan fingerprint density at radius 1 is 1.24 bits per heavy atom. The van der Waals surface area contributed by atoms with Crippen molar-refractivity contribution in [2.75, 3.05) is 7.11 Å². The molecule has 8 nitrogen and oxygen atoms in total. The fourth-order valence-corrected chi connectivity index (χ4v) is 2.47. The molecule has 0 aliphatic rings. The van der Waals surface area contributed by atoms with Gasteiger partial charge in [0, 0.05) is 17.7 Å². The summed E-state index contributed by atoms with van der Waals surface area (Å²) in [6.45, 7) is 0. The number of nitrogens with zero attached hydrogens (tertiary/aromatic N) is 5. The normalized spacial score (nSPS) is 11.9. The highest BCUT2D eigenvalue weighted by atomic mass is 32.2. The largest absolute Gasteiger partial charge is 0.329 e. The molecular weight excluding hydrogens is 294 g/mol. The van der Waals surface area contributed by atoms with Crippen LogP contribution in [0.3, 0.4) is 0 Å². The Labute approximate surface area is 120 Å². The molecule has 0 N–H and O–H groups in total. The van der Waals surface area contributed by atoms with Crippen molar-refractivity contribution in [2.45, 2.75) is 5.88 Å². The van der Waals surface area contributed by atoms with Crippen LogP contribution in [0.15, 0.2) is 43.0 Å². The average Bonchev–Trinajstić information content (AvgIpc) is 2.95. The number of rotatable bonds is 4. The van der Waals surface area contributed by atoms with Gasteiger partial charge in [0.25, 0.3) is 5.88 Å². The lowest BCUT2D eigenvalue weighted by Gasteiger charge is -2.01. The molecule has 21 heavy (non-hydrogen) atoms. The van der Waals surface area contributed by atoms with Crippen LogP contribution in [0.5, 0.6) is 0 Å². The van der Waals surface area contributed by atoms with Gasteiger partial charge >= 0.3 is 10.1 Å². The first-order chi connectivity index (χ1) is 10.1. The van der Waals surface area contributed by atoms with Crippen molar-refractivity contribution in [3.63, 3.8) is 0 Å². The van der Waals surface area contributed by atoms with Crippen LogP contribution < -0.4 is 4.57 Å². The highest BCUT2D eigenvalue weighted by molar-refractivity contribution is 7.85. The number of aromatic nitrogens is 5. The highest BCUT2D eigenvalue weighted by Crippen LogP contribution is 2.14. The van der Waals surface area contributed by atoms with Crippen molar-refractivity contribution in [3.8, 4) is 11.3 Å². The summed E-state index contributed by atoms with van der Waals surface area (Å²) in [5, 5.41) is 12.0. The molecule has 9 heteroatoms. The molecule has 3 heterocycles. The first kappa shape index (κ1) is 13.6. The van der Waals surface area contributed by atoms with Crippen LogP contribution in [-0.2, 0) is 20.2 Å². The van der Waals surface area contributed by atoms with Crippen LogP contribution in [-0.4, -0.2) is 35.3 Å². The second kappa shape index (κ2) is 5.19. The zero-order valence-electron chi connectivity index (χ0n) is 11.1. The first-order valence-electron chi connectivity index (χ1n) is 6.02. The molecule has 108 valence electrons. The Morgan fingerprint density at radius 2 is 2.00 bits per heavy atom. The van der Waals surface area contributed by atoms with Gasteiger partial charge in [-0.05, 0) is 12.1 Å². The summed E-state index contributed by atoms with van der Waals surface area (Å²) in [7, 11) is -2.40. The monoisotopic (exact) mass is 306 g/mol. The van der Waals surface area contributed by atoms with Crippen LogP contribution in [0.4, 0.5) is 0 Å². The molecule has 0 atom stereocenters. The predicted molar refractivity (Wildman–Crippen MR) is 72.3 cm³/mol. The number of fused-ring (bicyclic) bond motifs is 1. The van der Waals surface area contributed by atoms with Gasteiger partial charge in [-0.1, -0.05) is 0 Å². The Balaban J connectivity index is 1.89. The van der Waals surface area contributed by atoms with Gasteiger partial charge in [-0.2, -0.15) is 22.6 Å². The molecular formula is C12H12N5O3S+. The Kier molecular flexibility index (Phi) is 3.35. The van der Waals surface area contributed by atoms with Crippen molar-refractivity contribution >= 4 is 15.8 Å². The summed E-state index contributed by atoms with van der Waals surface area (Å²) in [6, 6.07) is 7.20. The smallest absolute Gasteiger partial charge is 0.269 e. The van der Waals surface area contributed by atoms with Crippen LogP contribution in [0, 0.1) is 0 Å². The average molecular weight is 306 g/mol. The summed E-state index contributed by atoms with van der Waals surface area (Å²) in [5.74, 6) is -0.234. The van der Waals surface area contributed by atoms with Gasteiger partial charge in [-0.3, -0.25) is 4.18 Å². The maximum Gasteiger partial charge on any atom is 0.329 e. The first-order valence-corrected chi connectivity index (χ1v) is 7.60. The van der Waals surface area contributed by atoms with E-state index in [-0.39, 0.29) is 5.88 Å². The molecule has 3 aromatic rings. The van der Waals surface area contributed by atoms with E-state index in [1.807, 2.05) is 12.1 Å². The Bertz CT molecular complexity index is 873. The zero-order valence-corrected chi connectivity index (χ0v) is 11.9. The molecule has 3 aromatic heterocycles. The van der Waals surface area contributed by atoms with Gasteiger partial charge in [0.1, 0.15) is 6.33 Å². The van der Waals surface area contributed by atoms with Crippen molar-refractivity contribution in [2.24, 2.45) is 0 Å². The molecule has 0 unspecified atom stereocenters. The van der Waals surface area contributed by atoms with Gasteiger partial charge in [-0.25, -0.2) is 0 Å². The van der Waals surface area contributed by atoms with Gasteiger partial charge < -0.3 is 0 Å². The van der Waals surface area contributed by atoms with Crippen LogP contribution in [0.1, 0.15) is 0 Å². The third kappa shape index (κ3) is 2.88. The van der Waals surface area contributed by atoms with E-state index in [0.717, 1.165) is 18.4 Å². The van der Waals surface area contributed by atoms with Crippen molar-refractivity contribution < 1.29 is 17.2 Å². The van der Waals surface area contributed by atoms with Gasteiger partial charge in [0.05, 0.1) is 12.8 Å². The van der Waals surface area contributed by atoms with Crippen LogP contribution in [0.2, 0.25) is 0 Å². The molecule has 0 aliphatic carbocycles. The molecule has 0 bridgehead atoms. The minimum absolute atomic E-state index is 0.234. The van der Waals surface area contributed by atoms with Crippen molar-refractivity contribution in [1.82, 2.24) is 19.8 Å². The van der Waals surface area contributed by atoms with Crippen LogP contribution >= 0.6 is 0 Å². The summed E-state index contributed by atoms with van der Waals surface area (Å²) in [4.78, 5) is 0. The SMILES string of the molecule is COS(=O)(=O)C[n+]1ccc(-c2ccc3nncn3n2)cc1. The molecule has 0 saturated heterocycles. The Hall–Kier alpha value is -2.39. The second-order valence-corrected chi connectivity index (χ2v) is 6.01. The minimum atomic E-state index is -3.54. The lowest BCUT2D eigenvalue weighted by atomic mass is 10.2. The fraction of sp³-hybridized carbons (Fsp3) is 0.167. The third-order valence-electron chi connectivity index (χ3n) is 2.91. The number of hydrogen-bond donors (Lipinski definition) is 0. The van der Waals surface area contributed by atoms with E-state index in [9.17, 15) is 8.42 Å². The zero-order chi connectivity index (χ0) is 14.9. The van der Waals surface area contributed by atoms with E-state index >= 15 is 0 Å². The maximum atomic E-state index is 11.4. The second-order valence-electron chi connectivity index (χ2n) is 4.31. The summed E-state index contributed by atoms with van der Waals surface area (Å²) < 4.78 is 30.2. The standard InChI is InChI=1S/C12H12N5O3S/c1-20-21(18,19)9-16-6-4-10(5-7-16)11-2-3-12-14-13-8-17(12)15-11/h2-8H,9H2,1H3/q+1. The van der Waals surface area contributed by atoms with Crippen molar-refractivity contribution in [3.05, 3.63) is 43.0 Å². The van der Waals surface area contributed by atoms with Crippen LogP contribution in [0.25, 0.3) is 16.9 Å². The molecule has 0 spiro atoms. The maximum absolute atomic E-state index is 11.4. The van der Waals surface area contributed by atoms with E-state index in [1.165, 1.54) is 10.9 Å².